The van der Waals surface area contributed by atoms with Crippen LogP contribution in [0.5, 0.6) is 0 Å². The molecule has 4 heteroatoms. The van der Waals surface area contributed by atoms with E-state index in [-0.39, 0.29) is 0 Å². The molecule has 0 aliphatic heterocycles. The standard InChI is InChI=1S/C12H7ClN2S/c13-9-3-1-8(2-4-9)11-7-10-12(16-11)15-6-5-14-10/h1-7H. The summed E-state index contributed by atoms with van der Waals surface area (Å²) < 4.78 is 0. The quantitative estimate of drug-likeness (QED) is 0.648. The molecule has 0 aliphatic rings. The molecule has 3 aromatic rings. The molecule has 0 saturated carbocycles. The third-order valence-electron chi connectivity index (χ3n) is 2.29. The molecular weight excluding hydrogens is 240 g/mol. The van der Waals surface area contributed by atoms with Crippen LogP contribution in [-0.4, -0.2) is 9.97 Å². The maximum absolute atomic E-state index is 5.86. The van der Waals surface area contributed by atoms with Crippen molar-refractivity contribution in [1.29, 1.82) is 0 Å². The molecule has 0 atom stereocenters. The summed E-state index contributed by atoms with van der Waals surface area (Å²) in [5, 5.41) is 0.751. The first-order valence-corrected chi connectivity index (χ1v) is 5.99. The van der Waals surface area contributed by atoms with Crippen LogP contribution >= 0.6 is 22.9 Å². The van der Waals surface area contributed by atoms with Crippen molar-refractivity contribution in [3.63, 3.8) is 0 Å². The Kier molecular flexibility index (Phi) is 2.35. The van der Waals surface area contributed by atoms with E-state index < -0.39 is 0 Å². The highest BCUT2D eigenvalue weighted by Crippen LogP contribution is 2.31. The van der Waals surface area contributed by atoms with Crippen LogP contribution < -0.4 is 0 Å². The van der Waals surface area contributed by atoms with E-state index in [2.05, 4.69) is 16.0 Å². The molecule has 0 aliphatic carbocycles. The highest BCUT2D eigenvalue weighted by atomic mass is 35.5. The fourth-order valence-electron chi connectivity index (χ4n) is 1.53. The Morgan fingerprint density at radius 1 is 1.00 bits per heavy atom. The molecule has 2 aromatic heterocycles. The van der Waals surface area contributed by atoms with Crippen molar-refractivity contribution in [3.8, 4) is 10.4 Å². The van der Waals surface area contributed by atoms with Crippen LogP contribution in [-0.2, 0) is 0 Å². The second-order valence-electron chi connectivity index (χ2n) is 3.36. The van der Waals surface area contributed by atoms with Crippen molar-refractivity contribution in [2.24, 2.45) is 0 Å². The molecular formula is C12H7ClN2S. The fraction of sp³-hybridized carbons (Fsp3) is 0. The Morgan fingerprint density at radius 2 is 1.75 bits per heavy atom. The molecule has 16 heavy (non-hydrogen) atoms. The van der Waals surface area contributed by atoms with Crippen molar-refractivity contribution in [2.45, 2.75) is 0 Å². The first kappa shape index (κ1) is 9.75. The Hall–Kier alpha value is -1.45. The number of fused-ring (bicyclic) bond motifs is 1. The van der Waals surface area contributed by atoms with E-state index in [0.717, 1.165) is 25.8 Å². The summed E-state index contributed by atoms with van der Waals surface area (Å²) in [6.45, 7) is 0. The molecule has 2 nitrogen and oxygen atoms in total. The lowest BCUT2D eigenvalue weighted by Crippen LogP contribution is -1.72. The maximum atomic E-state index is 5.86. The van der Waals surface area contributed by atoms with Crippen molar-refractivity contribution < 1.29 is 0 Å². The predicted octanol–water partition coefficient (Wildman–Crippen LogP) is 4.01. The first-order chi connectivity index (χ1) is 7.83. The summed E-state index contributed by atoms with van der Waals surface area (Å²) in [6, 6.07) is 9.85. The Balaban J connectivity index is 2.15. The van der Waals surface area contributed by atoms with Gasteiger partial charge in [-0.05, 0) is 23.8 Å². The summed E-state index contributed by atoms with van der Waals surface area (Å²) in [7, 11) is 0. The van der Waals surface area contributed by atoms with Gasteiger partial charge in [0.2, 0.25) is 0 Å². The van der Waals surface area contributed by atoms with Gasteiger partial charge in [-0.3, -0.25) is 4.98 Å². The van der Waals surface area contributed by atoms with E-state index >= 15 is 0 Å². The van der Waals surface area contributed by atoms with Crippen molar-refractivity contribution in [2.75, 3.05) is 0 Å². The summed E-state index contributed by atoms with van der Waals surface area (Å²) in [5.41, 5.74) is 2.09. The zero-order valence-corrected chi connectivity index (χ0v) is 9.79. The number of thiophene rings is 1. The molecule has 0 saturated heterocycles. The van der Waals surface area contributed by atoms with Gasteiger partial charge in [0.1, 0.15) is 10.3 Å². The zero-order chi connectivity index (χ0) is 11.0. The number of aromatic nitrogens is 2. The lowest BCUT2D eigenvalue weighted by Gasteiger charge is -1.95. The van der Waals surface area contributed by atoms with E-state index in [9.17, 15) is 0 Å². The van der Waals surface area contributed by atoms with Gasteiger partial charge in [0.05, 0.1) is 0 Å². The number of nitrogens with zero attached hydrogens (tertiary/aromatic N) is 2. The third-order valence-corrected chi connectivity index (χ3v) is 3.63. The largest absolute Gasteiger partial charge is 0.252 e. The van der Waals surface area contributed by atoms with Crippen LogP contribution in [0.4, 0.5) is 0 Å². The van der Waals surface area contributed by atoms with Crippen LogP contribution in [0.25, 0.3) is 20.8 Å². The molecule has 0 unspecified atom stereocenters. The van der Waals surface area contributed by atoms with Gasteiger partial charge in [0.15, 0.2) is 0 Å². The van der Waals surface area contributed by atoms with Gasteiger partial charge in [-0.15, -0.1) is 11.3 Å². The van der Waals surface area contributed by atoms with E-state index in [4.69, 9.17) is 11.6 Å². The molecule has 0 spiro atoms. The second kappa shape index (κ2) is 3.85. The minimum atomic E-state index is 0.751. The van der Waals surface area contributed by atoms with Gasteiger partial charge in [-0.25, -0.2) is 4.98 Å². The molecule has 0 radical (unpaired) electrons. The van der Waals surface area contributed by atoms with Crippen LogP contribution in [0.2, 0.25) is 5.02 Å². The minimum Gasteiger partial charge on any atom is -0.252 e. The Labute approximate surface area is 102 Å². The molecule has 3 rings (SSSR count). The summed E-state index contributed by atoms with van der Waals surface area (Å²) in [4.78, 5) is 10.7. The minimum absolute atomic E-state index is 0.751. The Morgan fingerprint density at radius 3 is 2.50 bits per heavy atom. The van der Waals surface area contributed by atoms with Gasteiger partial charge in [-0.1, -0.05) is 23.7 Å². The topological polar surface area (TPSA) is 25.8 Å². The van der Waals surface area contributed by atoms with E-state index in [1.807, 2.05) is 24.3 Å². The van der Waals surface area contributed by atoms with E-state index in [1.165, 1.54) is 0 Å². The molecule has 1 aromatic carbocycles. The number of hydrogen-bond donors (Lipinski definition) is 0. The smallest absolute Gasteiger partial charge is 0.142 e. The van der Waals surface area contributed by atoms with Crippen molar-refractivity contribution in [3.05, 3.63) is 47.7 Å². The molecule has 2 heterocycles. The molecule has 0 N–H and O–H groups in total. The molecule has 0 amide bonds. The van der Waals surface area contributed by atoms with E-state index in [0.29, 0.717) is 0 Å². The van der Waals surface area contributed by atoms with Gasteiger partial charge < -0.3 is 0 Å². The monoisotopic (exact) mass is 246 g/mol. The van der Waals surface area contributed by atoms with Crippen molar-refractivity contribution >= 4 is 33.3 Å². The second-order valence-corrected chi connectivity index (χ2v) is 4.83. The summed E-state index contributed by atoms with van der Waals surface area (Å²) in [6.07, 6.45) is 3.42. The Bertz CT molecular complexity index is 598. The number of rotatable bonds is 1. The van der Waals surface area contributed by atoms with Gasteiger partial charge in [0.25, 0.3) is 0 Å². The van der Waals surface area contributed by atoms with Crippen LogP contribution in [0, 0.1) is 0 Å². The normalized spacial score (nSPS) is 10.8. The van der Waals surface area contributed by atoms with Crippen LogP contribution in [0.15, 0.2) is 42.7 Å². The van der Waals surface area contributed by atoms with Crippen LogP contribution in [0.1, 0.15) is 0 Å². The number of hydrogen-bond acceptors (Lipinski definition) is 3. The molecule has 78 valence electrons. The van der Waals surface area contributed by atoms with Gasteiger partial charge in [-0.2, -0.15) is 0 Å². The number of halogens is 1. The number of benzene rings is 1. The first-order valence-electron chi connectivity index (χ1n) is 4.79. The fourth-order valence-corrected chi connectivity index (χ4v) is 2.62. The summed E-state index contributed by atoms with van der Waals surface area (Å²) in [5.74, 6) is 0. The van der Waals surface area contributed by atoms with Gasteiger partial charge in [0, 0.05) is 22.3 Å². The molecule has 0 bridgehead atoms. The molecule has 0 fully saturated rings. The lowest BCUT2D eigenvalue weighted by atomic mass is 10.2. The van der Waals surface area contributed by atoms with Gasteiger partial charge >= 0.3 is 0 Å². The predicted molar refractivity (Wildman–Crippen MR) is 67.9 cm³/mol. The third kappa shape index (κ3) is 1.68. The van der Waals surface area contributed by atoms with E-state index in [1.54, 1.807) is 23.7 Å². The van der Waals surface area contributed by atoms with Crippen LogP contribution in [0.3, 0.4) is 0 Å². The summed E-state index contributed by atoms with van der Waals surface area (Å²) >= 11 is 7.50. The average molecular weight is 247 g/mol. The lowest BCUT2D eigenvalue weighted by molar-refractivity contribution is 1.32. The SMILES string of the molecule is Clc1ccc(-c2cc3nccnc3s2)cc1. The highest BCUT2D eigenvalue weighted by molar-refractivity contribution is 7.21. The average Bonchev–Trinajstić information content (AvgIpc) is 2.73. The maximum Gasteiger partial charge on any atom is 0.142 e. The zero-order valence-electron chi connectivity index (χ0n) is 8.22. The highest BCUT2D eigenvalue weighted by Gasteiger charge is 2.05. The van der Waals surface area contributed by atoms with Crippen molar-refractivity contribution in [1.82, 2.24) is 9.97 Å².